The van der Waals surface area contributed by atoms with Crippen molar-refractivity contribution in [2.24, 2.45) is 0 Å². The molecule has 96 valence electrons. The van der Waals surface area contributed by atoms with Crippen molar-refractivity contribution in [3.05, 3.63) is 21.5 Å². The van der Waals surface area contributed by atoms with Crippen molar-refractivity contribution in [2.45, 2.75) is 26.8 Å². The Labute approximate surface area is 116 Å². The van der Waals surface area contributed by atoms with Gasteiger partial charge in [-0.05, 0) is 48.7 Å². The van der Waals surface area contributed by atoms with E-state index in [0.717, 1.165) is 23.2 Å². The smallest absolute Gasteiger partial charge is 0.352 e. The van der Waals surface area contributed by atoms with Crippen molar-refractivity contribution >= 4 is 28.6 Å². The zero-order valence-electron chi connectivity index (χ0n) is 10.5. The molecule has 0 aliphatic carbocycles. The lowest BCUT2D eigenvalue weighted by molar-refractivity contribution is 0.0681. The summed E-state index contributed by atoms with van der Waals surface area (Å²) in [6, 6.07) is 1.88. The number of carboxylic acids is 1. The molecule has 5 heteroatoms. The van der Waals surface area contributed by atoms with Gasteiger partial charge in [0.1, 0.15) is 5.69 Å². The fraction of sp³-hybridized carbons (Fsp3) is 0.583. The predicted molar refractivity (Wildman–Crippen MR) is 76.6 cm³/mol. The first-order valence-corrected chi connectivity index (χ1v) is 6.90. The first-order valence-electron chi connectivity index (χ1n) is 5.82. The van der Waals surface area contributed by atoms with Crippen LogP contribution in [0.3, 0.4) is 0 Å². The Morgan fingerprint density at radius 3 is 2.59 bits per heavy atom. The first kappa shape index (κ1) is 14.5. The number of carbonyl (C=O) groups is 1. The number of nitrogens with zero attached hydrogens (tertiary/aromatic N) is 2. The van der Waals surface area contributed by atoms with Crippen LogP contribution in [0.2, 0.25) is 0 Å². The van der Waals surface area contributed by atoms with Crippen LogP contribution in [0.5, 0.6) is 0 Å². The zero-order chi connectivity index (χ0) is 13.0. The number of hydrogen-bond acceptors (Lipinski definition) is 2. The molecule has 0 aliphatic rings. The minimum Gasteiger partial charge on any atom is -0.477 e. The maximum absolute atomic E-state index is 11.1. The van der Waals surface area contributed by atoms with Crippen LogP contribution in [-0.2, 0) is 0 Å². The van der Waals surface area contributed by atoms with Gasteiger partial charge in [-0.2, -0.15) is 0 Å². The maximum Gasteiger partial charge on any atom is 0.352 e. The lowest BCUT2D eigenvalue weighted by Gasteiger charge is -2.24. The Balaban J connectivity index is 2.87. The zero-order valence-corrected chi connectivity index (χ0v) is 12.6. The van der Waals surface area contributed by atoms with Crippen LogP contribution in [0.4, 0.5) is 0 Å². The third kappa shape index (κ3) is 3.70. The highest BCUT2D eigenvalue weighted by Gasteiger charge is 2.17. The van der Waals surface area contributed by atoms with E-state index in [9.17, 15) is 4.79 Å². The number of hydrogen-bond donors (Lipinski definition) is 1. The molecule has 0 amide bonds. The van der Waals surface area contributed by atoms with Crippen molar-refractivity contribution in [3.8, 4) is 0 Å². The second kappa shape index (κ2) is 6.39. The van der Waals surface area contributed by atoms with Gasteiger partial charge in [0.05, 0.1) is 0 Å². The lowest BCUT2D eigenvalue weighted by atomic mass is 10.3. The normalized spacial score (nSPS) is 13.0. The quantitative estimate of drug-likeness (QED) is 0.803. The fourth-order valence-corrected chi connectivity index (χ4v) is 2.52. The Morgan fingerprint density at radius 2 is 2.12 bits per heavy atom. The molecule has 0 saturated heterocycles. The molecule has 1 heterocycles. The molecule has 1 aromatic heterocycles. The average Bonchev–Trinajstić information content (AvgIpc) is 2.68. The summed E-state index contributed by atoms with van der Waals surface area (Å²) in [6.07, 6.45) is 1.90. The SMILES string of the molecule is CCN(CC)CC(C)n1cc(I)cc1C(=O)O. The monoisotopic (exact) mass is 350 g/mol. The number of rotatable bonds is 6. The van der Waals surface area contributed by atoms with Gasteiger partial charge in [0.15, 0.2) is 0 Å². The third-order valence-electron chi connectivity index (χ3n) is 2.93. The topological polar surface area (TPSA) is 45.5 Å². The van der Waals surface area contributed by atoms with E-state index in [1.807, 2.05) is 10.8 Å². The minimum absolute atomic E-state index is 0.171. The molecular formula is C12H19IN2O2. The Kier molecular flexibility index (Phi) is 5.45. The van der Waals surface area contributed by atoms with Gasteiger partial charge in [0.25, 0.3) is 0 Å². The van der Waals surface area contributed by atoms with Gasteiger partial charge in [-0.15, -0.1) is 0 Å². The van der Waals surface area contributed by atoms with Crippen molar-refractivity contribution in [2.75, 3.05) is 19.6 Å². The molecule has 1 N–H and O–H groups in total. The van der Waals surface area contributed by atoms with Gasteiger partial charge in [0, 0.05) is 22.4 Å². The molecule has 0 bridgehead atoms. The molecule has 0 saturated carbocycles. The number of aromatic nitrogens is 1. The second-order valence-electron chi connectivity index (χ2n) is 4.09. The summed E-state index contributed by atoms with van der Waals surface area (Å²) in [5.41, 5.74) is 0.369. The van der Waals surface area contributed by atoms with Crippen LogP contribution in [0.15, 0.2) is 12.3 Å². The standard InChI is InChI=1S/C12H19IN2O2/c1-4-14(5-2)7-9(3)15-8-10(13)6-11(15)12(16)17/h6,8-9H,4-5,7H2,1-3H3,(H,16,17). The number of halogens is 1. The molecule has 0 fully saturated rings. The van der Waals surface area contributed by atoms with Gasteiger partial charge in [-0.3, -0.25) is 0 Å². The van der Waals surface area contributed by atoms with Crippen LogP contribution in [-0.4, -0.2) is 40.2 Å². The van der Waals surface area contributed by atoms with Crippen molar-refractivity contribution in [1.29, 1.82) is 0 Å². The summed E-state index contributed by atoms with van der Waals surface area (Å²) >= 11 is 2.15. The lowest BCUT2D eigenvalue weighted by Crippen LogP contribution is -2.30. The number of aromatic carboxylic acids is 1. The fourth-order valence-electron chi connectivity index (χ4n) is 1.93. The Hall–Kier alpha value is -0.560. The van der Waals surface area contributed by atoms with E-state index < -0.39 is 5.97 Å². The molecule has 1 aromatic rings. The van der Waals surface area contributed by atoms with E-state index in [0.29, 0.717) is 5.69 Å². The maximum atomic E-state index is 11.1. The summed E-state index contributed by atoms with van der Waals surface area (Å²) < 4.78 is 2.81. The van der Waals surface area contributed by atoms with E-state index in [-0.39, 0.29) is 6.04 Å². The van der Waals surface area contributed by atoms with Crippen LogP contribution in [0.1, 0.15) is 37.3 Å². The Bertz CT molecular complexity index is 386. The second-order valence-corrected chi connectivity index (χ2v) is 5.34. The van der Waals surface area contributed by atoms with Crippen LogP contribution in [0, 0.1) is 3.57 Å². The van der Waals surface area contributed by atoms with Crippen molar-refractivity contribution in [3.63, 3.8) is 0 Å². The van der Waals surface area contributed by atoms with E-state index in [1.165, 1.54) is 0 Å². The van der Waals surface area contributed by atoms with Crippen LogP contribution < -0.4 is 0 Å². The summed E-state index contributed by atoms with van der Waals surface area (Å²) in [5.74, 6) is -0.862. The molecule has 1 atom stereocenters. The largest absolute Gasteiger partial charge is 0.477 e. The van der Waals surface area contributed by atoms with Gasteiger partial charge in [-0.25, -0.2) is 4.79 Å². The van der Waals surface area contributed by atoms with Crippen LogP contribution in [0.25, 0.3) is 0 Å². The van der Waals surface area contributed by atoms with Gasteiger partial charge >= 0.3 is 5.97 Å². The molecule has 1 rings (SSSR count). The summed E-state index contributed by atoms with van der Waals surface area (Å²) in [4.78, 5) is 13.4. The Morgan fingerprint density at radius 1 is 1.53 bits per heavy atom. The van der Waals surface area contributed by atoms with Crippen LogP contribution >= 0.6 is 22.6 Å². The average molecular weight is 350 g/mol. The molecule has 4 nitrogen and oxygen atoms in total. The predicted octanol–water partition coefficient (Wildman–Crippen LogP) is 2.69. The number of carboxylic acid groups (broad SMARTS) is 1. The van der Waals surface area contributed by atoms with Crippen molar-refractivity contribution in [1.82, 2.24) is 9.47 Å². The summed E-state index contributed by atoms with van der Waals surface area (Å²) in [5, 5.41) is 9.14. The van der Waals surface area contributed by atoms with E-state index in [4.69, 9.17) is 5.11 Å². The molecule has 17 heavy (non-hydrogen) atoms. The summed E-state index contributed by atoms with van der Waals surface area (Å²) in [7, 11) is 0. The van der Waals surface area contributed by atoms with Gasteiger partial charge in [-0.1, -0.05) is 13.8 Å². The first-order chi connectivity index (χ1) is 7.99. The van der Waals surface area contributed by atoms with Gasteiger partial charge < -0.3 is 14.6 Å². The highest BCUT2D eigenvalue weighted by Crippen LogP contribution is 2.18. The highest BCUT2D eigenvalue weighted by atomic mass is 127. The van der Waals surface area contributed by atoms with E-state index >= 15 is 0 Å². The third-order valence-corrected chi connectivity index (χ3v) is 3.52. The van der Waals surface area contributed by atoms with Gasteiger partial charge in [0.2, 0.25) is 0 Å². The molecule has 1 unspecified atom stereocenters. The van der Waals surface area contributed by atoms with E-state index in [1.54, 1.807) is 6.07 Å². The number of likely N-dealkylation sites (N-methyl/N-ethyl adjacent to an activating group) is 1. The summed E-state index contributed by atoms with van der Waals surface area (Å²) in [6.45, 7) is 9.14. The molecule has 0 aliphatic heterocycles. The van der Waals surface area contributed by atoms with Crippen molar-refractivity contribution < 1.29 is 9.90 Å². The molecule has 0 spiro atoms. The molecule has 0 radical (unpaired) electrons. The molecule has 0 aromatic carbocycles. The highest BCUT2D eigenvalue weighted by molar-refractivity contribution is 14.1. The molecular weight excluding hydrogens is 331 g/mol. The van der Waals surface area contributed by atoms with E-state index in [2.05, 4.69) is 48.3 Å². The minimum atomic E-state index is -0.862.